The molecule has 0 aliphatic heterocycles. The molecule has 112 valence electrons. The number of carbonyl (C=O) groups excluding carboxylic acids is 1. The Balaban J connectivity index is 2.40. The van der Waals surface area contributed by atoms with E-state index in [2.05, 4.69) is 19.7 Å². The molecule has 0 aliphatic carbocycles. The van der Waals surface area contributed by atoms with Crippen LogP contribution in [0.5, 0.6) is 11.8 Å². The highest BCUT2D eigenvalue weighted by Crippen LogP contribution is 2.32. The van der Waals surface area contributed by atoms with Crippen molar-refractivity contribution < 1.29 is 19.4 Å². The molecule has 0 aliphatic rings. The molecule has 0 spiro atoms. The fourth-order valence-corrected chi connectivity index (χ4v) is 1.72. The predicted octanol–water partition coefficient (Wildman–Crippen LogP) is 1.04. The third-order valence-corrected chi connectivity index (χ3v) is 2.75. The van der Waals surface area contributed by atoms with E-state index in [4.69, 9.17) is 4.74 Å². The van der Waals surface area contributed by atoms with Crippen molar-refractivity contribution in [3.63, 3.8) is 0 Å². The summed E-state index contributed by atoms with van der Waals surface area (Å²) in [5.74, 6) is -0.453. The minimum Gasteiger partial charge on any atom is -0.493 e. The first kappa shape index (κ1) is 14.8. The number of nitrogens with zero attached hydrogens (tertiary/aromatic N) is 4. The minimum atomic E-state index is -0.535. The van der Waals surface area contributed by atoms with E-state index < -0.39 is 5.97 Å². The first-order valence-corrected chi connectivity index (χ1v) is 6.31. The van der Waals surface area contributed by atoms with Gasteiger partial charge in [-0.25, -0.2) is 9.78 Å². The van der Waals surface area contributed by atoms with Crippen molar-refractivity contribution in [2.24, 2.45) is 0 Å². The van der Waals surface area contributed by atoms with Gasteiger partial charge in [0.25, 0.3) is 0 Å². The third kappa shape index (κ3) is 3.28. The number of imidazole rings is 1. The molecule has 2 heterocycles. The lowest BCUT2D eigenvalue weighted by molar-refractivity contribution is -0.143. The zero-order chi connectivity index (χ0) is 15.4. The Morgan fingerprint density at radius 2 is 2.19 bits per heavy atom. The highest BCUT2D eigenvalue weighted by molar-refractivity contribution is 5.70. The summed E-state index contributed by atoms with van der Waals surface area (Å²) >= 11 is 0. The fourth-order valence-electron chi connectivity index (χ4n) is 1.72. The van der Waals surface area contributed by atoms with Crippen molar-refractivity contribution in [1.82, 2.24) is 19.5 Å². The van der Waals surface area contributed by atoms with Crippen molar-refractivity contribution in [2.45, 2.75) is 19.8 Å². The van der Waals surface area contributed by atoms with Crippen LogP contribution in [-0.2, 0) is 9.53 Å². The van der Waals surface area contributed by atoms with Crippen LogP contribution in [0.15, 0.2) is 18.7 Å². The molecule has 0 saturated heterocycles. The number of ether oxygens (including phenoxy) is 2. The first-order valence-electron chi connectivity index (χ1n) is 6.31. The average molecular weight is 292 g/mol. The Labute approximate surface area is 121 Å². The van der Waals surface area contributed by atoms with Gasteiger partial charge in [-0.3, -0.25) is 4.57 Å². The third-order valence-electron chi connectivity index (χ3n) is 2.75. The average Bonchev–Trinajstić information content (AvgIpc) is 2.97. The van der Waals surface area contributed by atoms with E-state index in [9.17, 15) is 9.90 Å². The van der Waals surface area contributed by atoms with E-state index in [1.54, 1.807) is 12.4 Å². The summed E-state index contributed by atoms with van der Waals surface area (Å²) in [4.78, 5) is 23.3. The molecule has 21 heavy (non-hydrogen) atoms. The molecule has 1 N–H and O–H groups in total. The van der Waals surface area contributed by atoms with Crippen molar-refractivity contribution >= 4 is 5.97 Å². The van der Waals surface area contributed by atoms with E-state index in [-0.39, 0.29) is 30.2 Å². The number of hydrogen-bond donors (Lipinski definition) is 1. The van der Waals surface area contributed by atoms with Crippen molar-refractivity contribution in [3.8, 4) is 17.7 Å². The van der Waals surface area contributed by atoms with Crippen molar-refractivity contribution in [3.05, 3.63) is 24.3 Å². The molecular weight excluding hydrogens is 276 g/mol. The van der Waals surface area contributed by atoms with Crippen LogP contribution in [0, 0.1) is 0 Å². The van der Waals surface area contributed by atoms with Crippen LogP contribution in [0.4, 0.5) is 0 Å². The molecule has 2 aromatic heterocycles. The topological polar surface area (TPSA) is 99.4 Å². The number of rotatable bonds is 5. The largest absolute Gasteiger partial charge is 0.493 e. The van der Waals surface area contributed by atoms with E-state index in [1.807, 2.05) is 13.8 Å². The van der Waals surface area contributed by atoms with Crippen LogP contribution in [0.2, 0.25) is 0 Å². The quantitative estimate of drug-likeness (QED) is 0.822. The number of carbonyl (C=O) groups is 1. The second kappa shape index (κ2) is 6.21. The summed E-state index contributed by atoms with van der Waals surface area (Å²) in [6, 6.07) is 0. The summed E-state index contributed by atoms with van der Waals surface area (Å²) in [7, 11) is 1.27. The zero-order valence-electron chi connectivity index (χ0n) is 12.0. The van der Waals surface area contributed by atoms with Crippen LogP contribution in [0.1, 0.15) is 25.3 Å². The standard InChI is InChI=1S/C13H16N4O4/c1-8(2)10-11(19)15-13(17-5-4-14-7-17)16-12(10)21-6-9(18)20-3/h4-5,7-8H,6H2,1-3H3,(H,15,16,19). The second-order valence-corrected chi connectivity index (χ2v) is 4.56. The normalized spacial score (nSPS) is 10.7. The molecule has 8 heteroatoms. The Morgan fingerprint density at radius 1 is 1.43 bits per heavy atom. The Bertz CT molecular complexity index is 625. The predicted molar refractivity (Wildman–Crippen MR) is 72.4 cm³/mol. The molecule has 2 aromatic rings. The number of esters is 1. The van der Waals surface area contributed by atoms with Gasteiger partial charge < -0.3 is 14.6 Å². The van der Waals surface area contributed by atoms with E-state index in [1.165, 1.54) is 18.0 Å². The first-order chi connectivity index (χ1) is 10.0. The summed E-state index contributed by atoms with van der Waals surface area (Å²) in [5.41, 5.74) is 0.433. The smallest absolute Gasteiger partial charge is 0.343 e. The van der Waals surface area contributed by atoms with Gasteiger partial charge in [-0.05, 0) is 5.92 Å². The summed E-state index contributed by atoms with van der Waals surface area (Å²) in [5, 5.41) is 10.1. The molecule has 8 nitrogen and oxygen atoms in total. The van der Waals surface area contributed by atoms with Gasteiger partial charge in [0.05, 0.1) is 12.7 Å². The van der Waals surface area contributed by atoms with Crippen LogP contribution in [0.3, 0.4) is 0 Å². The van der Waals surface area contributed by atoms with Gasteiger partial charge in [-0.1, -0.05) is 13.8 Å². The number of methoxy groups -OCH3 is 1. The van der Waals surface area contributed by atoms with E-state index in [0.29, 0.717) is 5.56 Å². The Hall–Kier alpha value is -2.64. The zero-order valence-corrected chi connectivity index (χ0v) is 12.0. The molecule has 0 radical (unpaired) electrons. The minimum absolute atomic E-state index is 0.0746. The molecule has 0 aromatic carbocycles. The number of aromatic nitrogens is 4. The molecular formula is C13H16N4O4. The Morgan fingerprint density at radius 3 is 2.76 bits per heavy atom. The molecule has 0 atom stereocenters. The van der Waals surface area contributed by atoms with Crippen LogP contribution in [0.25, 0.3) is 5.95 Å². The molecule has 0 amide bonds. The van der Waals surface area contributed by atoms with Gasteiger partial charge >= 0.3 is 5.97 Å². The van der Waals surface area contributed by atoms with Gasteiger partial charge in [0.2, 0.25) is 17.7 Å². The lowest BCUT2D eigenvalue weighted by Gasteiger charge is -2.14. The highest BCUT2D eigenvalue weighted by atomic mass is 16.6. The lowest BCUT2D eigenvalue weighted by Crippen LogP contribution is -2.15. The van der Waals surface area contributed by atoms with E-state index >= 15 is 0 Å². The summed E-state index contributed by atoms with van der Waals surface area (Å²) in [6.07, 6.45) is 4.69. The molecule has 0 fully saturated rings. The molecule has 0 unspecified atom stereocenters. The monoisotopic (exact) mass is 292 g/mol. The summed E-state index contributed by atoms with van der Waals surface area (Å²) < 4.78 is 11.4. The van der Waals surface area contributed by atoms with Gasteiger partial charge in [0.1, 0.15) is 6.33 Å². The van der Waals surface area contributed by atoms with Crippen molar-refractivity contribution in [1.29, 1.82) is 0 Å². The Kier molecular flexibility index (Phi) is 4.36. The van der Waals surface area contributed by atoms with Gasteiger partial charge in [0.15, 0.2) is 6.61 Å². The second-order valence-electron chi connectivity index (χ2n) is 4.56. The van der Waals surface area contributed by atoms with E-state index in [0.717, 1.165) is 0 Å². The van der Waals surface area contributed by atoms with Crippen LogP contribution >= 0.6 is 0 Å². The van der Waals surface area contributed by atoms with Crippen LogP contribution in [-0.4, -0.2) is 44.3 Å². The van der Waals surface area contributed by atoms with Crippen molar-refractivity contribution in [2.75, 3.05) is 13.7 Å². The maximum absolute atomic E-state index is 11.2. The van der Waals surface area contributed by atoms with Gasteiger partial charge in [-0.2, -0.15) is 9.97 Å². The number of hydrogen-bond acceptors (Lipinski definition) is 7. The lowest BCUT2D eigenvalue weighted by atomic mass is 10.1. The summed E-state index contributed by atoms with van der Waals surface area (Å²) in [6.45, 7) is 3.43. The number of aromatic hydroxyl groups is 1. The highest BCUT2D eigenvalue weighted by Gasteiger charge is 2.20. The molecule has 0 saturated carbocycles. The van der Waals surface area contributed by atoms with Crippen LogP contribution < -0.4 is 4.74 Å². The maximum atomic E-state index is 11.2. The molecule has 2 rings (SSSR count). The maximum Gasteiger partial charge on any atom is 0.343 e. The SMILES string of the molecule is COC(=O)COc1nc(-n2ccnc2)nc(O)c1C(C)C. The van der Waals surface area contributed by atoms with Gasteiger partial charge in [0, 0.05) is 12.4 Å². The molecule has 0 bridgehead atoms. The van der Waals surface area contributed by atoms with Gasteiger partial charge in [-0.15, -0.1) is 0 Å². The fraction of sp³-hybridized carbons (Fsp3) is 0.385.